The van der Waals surface area contributed by atoms with Crippen molar-refractivity contribution in [3.8, 4) is 0 Å². The number of Topliss-reactive ketones (excluding diaryl/α,β-unsaturated/α-hetero) is 1. The summed E-state index contributed by atoms with van der Waals surface area (Å²) in [7, 11) is 0. The number of carbonyl (C=O) groups excluding carboxylic acids is 1. The molecule has 94 valence electrons. The molecule has 1 heterocycles. The van der Waals surface area contributed by atoms with E-state index in [4.69, 9.17) is 0 Å². The molecule has 0 amide bonds. The van der Waals surface area contributed by atoms with Crippen LogP contribution in [-0.4, -0.2) is 10.8 Å². The number of hydrogen-bond acceptors (Lipinski definition) is 1. The fraction of sp³-hybridized carbons (Fsp3) is 0.438. The van der Waals surface area contributed by atoms with Gasteiger partial charge in [-0.25, -0.2) is 0 Å². The maximum absolute atomic E-state index is 11.3. The van der Waals surface area contributed by atoms with E-state index in [2.05, 4.69) is 36.3 Å². The van der Waals surface area contributed by atoms with Crippen LogP contribution in [0.25, 0.3) is 10.9 Å². The van der Waals surface area contributed by atoms with Crippen molar-refractivity contribution in [3.63, 3.8) is 0 Å². The Morgan fingerprint density at radius 2 is 2.06 bits per heavy atom. The molecule has 18 heavy (non-hydrogen) atoms. The summed E-state index contributed by atoms with van der Waals surface area (Å²) in [6, 6.07) is 6.66. The molecule has 1 N–H and O–H groups in total. The lowest BCUT2D eigenvalue weighted by molar-refractivity contribution is -0.120. The minimum atomic E-state index is 0.431. The van der Waals surface area contributed by atoms with Crippen LogP contribution < -0.4 is 0 Å². The Balaban J connectivity index is 1.98. The molecule has 0 saturated heterocycles. The number of ketones is 1. The van der Waals surface area contributed by atoms with Crippen LogP contribution >= 0.6 is 0 Å². The van der Waals surface area contributed by atoms with E-state index in [1.807, 2.05) is 0 Å². The SMILES string of the molecule is CCc1ccc2[nH]cc(C3CCC(=O)CC3)c2c1. The van der Waals surface area contributed by atoms with Crippen LogP contribution in [0, 0.1) is 0 Å². The number of nitrogens with one attached hydrogen (secondary N) is 1. The lowest BCUT2D eigenvalue weighted by Gasteiger charge is -2.20. The van der Waals surface area contributed by atoms with Crippen molar-refractivity contribution in [3.05, 3.63) is 35.5 Å². The molecule has 1 saturated carbocycles. The lowest BCUT2D eigenvalue weighted by atomic mass is 9.83. The molecule has 0 radical (unpaired) electrons. The third kappa shape index (κ3) is 1.96. The topological polar surface area (TPSA) is 32.9 Å². The summed E-state index contributed by atoms with van der Waals surface area (Å²) in [4.78, 5) is 14.7. The molecular weight excluding hydrogens is 222 g/mol. The second kappa shape index (κ2) is 4.60. The van der Waals surface area contributed by atoms with Gasteiger partial charge >= 0.3 is 0 Å². The first kappa shape index (κ1) is 11.5. The average molecular weight is 241 g/mol. The second-order valence-corrected chi connectivity index (χ2v) is 5.29. The van der Waals surface area contributed by atoms with E-state index < -0.39 is 0 Å². The second-order valence-electron chi connectivity index (χ2n) is 5.29. The molecule has 1 fully saturated rings. The molecule has 0 aliphatic heterocycles. The molecule has 0 spiro atoms. The Morgan fingerprint density at radius 1 is 1.28 bits per heavy atom. The van der Waals surface area contributed by atoms with Crippen molar-refractivity contribution in [1.82, 2.24) is 4.98 Å². The van der Waals surface area contributed by atoms with E-state index in [9.17, 15) is 4.79 Å². The van der Waals surface area contributed by atoms with Gasteiger partial charge in [-0.3, -0.25) is 4.79 Å². The van der Waals surface area contributed by atoms with E-state index in [-0.39, 0.29) is 0 Å². The molecule has 2 nitrogen and oxygen atoms in total. The zero-order valence-electron chi connectivity index (χ0n) is 10.8. The number of aryl methyl sites for hydroxylation is 1. The number of aromatic nitrogens is 1. The fourth-order valence-electron chi connectivity index (χ4n) is 3.00. The minimum Gasteiger partial charge on any atom is -0.361 e. The van der Waals surface area contributed by atoms with Gasteiger partial charge in [0, 0.05) is 29.9 Å². The Morgan fingerprint density at radius 3 is 2.78 bits per heavy atom. The van der Waals surface area contributed by atoms with Crippen LogP contribution in [0.5, 0.6) is 0 Å². The van der Waals surface area contributed by atoms with Gasteiger partial charge in [0.15, 0.2) is 0 Å². The van der Waals surface area contributed by atoms with E-state index in [0.29, 0.717) is 11.7 Å². The van der Waals surface area contributed by atoms with Crippen LogP contribution in [0.15, 0.2) is 24.4 Å². The number of fused-ring (bicyclic) bond motifs is 1. The summed E-state index contributed by atoms with van der Waals surface area (Å²) in [5, 5.41) is 1.36. The van der Waals surface area contributed by atoms with Gasteiger partial charge in [-0.05, 0) is 48.4 Å². The maximum Gasteiger partial charge on any atom is 0.132 e. The monoisotopic (exact) mass is 241 g/mol. The molecule has 2 heteroatoms. The van der Waals surface area contributed by atoms with Gasteiger partial charge in [0.25, 0.3) is 0 Å². The summed E-state index contributed by atoms with van der Waals surface area (Å²) in [6.45, 7) is 2.19. The molecule has 1 aliphatic rings. The third-order valence-corrected chi connectivity index (χ3v) is 4.17. The standard InChI is InChI=1S/C16H19NO/c1-2-11-3-8-16-14(9-11)15(10-17-16)12-4-6-13(18)7-5-12/h3,8-10,12,17H,2,4-7H2,1H3. The summed E-state index contributed by atoms with van der Waals surface area (Å²) < 4.78 is 0. The minimum absolute atomic E-state index is 0.431. The van der Waals surface area contributed by atoms with E-state index in [1.165, 1.54) is 22.0 Å². The van der Waals surface area contributed by atoms with Crippen molar-refractivity contribution in [2.75, 3.05) is 0 Å². The first-order valence-electron chi connectivity index (χ1n) is 6.89. The van der Waals surface area contributed by atoms with E-state index in [0.717, 1.165) is 32.1 Å². The quantitative estimate of drug-likeness (QED) is 0.848. The van der Waals surface area contributed by atoms with Gasteiger partial charge in [-0.2, -0.15) is 0 Å². The largest absolute Gasteiger partial charge is 0.361 e. The van der Waals surface area contributed by atoms with Gasteiger partial charge in [0.1, 0.15) is 5.78 Å². The molecule has 0 atom stereocenters. The number of aromatic amines is 1. The van der Waals surface area contributed by atoms with Gasteiger partial charge in [0.2, 0.25) is 0 Å². The Kier molecular flexibility index (Phi) is 2.94. The Labute approximate surface area is 107 Å². The first-order chi connectivity index (χ1) is 8.78. The average Bonchev–Trinajstić information content (AvgIpc) is 2.82. The number of carbonyl (C=O) groups is 1. The zero-order valence-corrected chi connectivity index (χ0v) is 10.8. The highest BCUT2D eigenvalue weighted by atomic mass is 16.1. The van der Waals surface area contributed by atoms with Crippen molar-refractivity contribution in [2.45, 2.75) is 44.9 Å². The van der Waals surface area contributed by atoms with E-state index in [1.54, 1.807) is 0 Å². The predicted molar refractivity (Wildman–Crippen MR) is 73.9 cm³/mol. The normalized spacial score (nSPS) is 17.5. The van der Waals surface area contributed by atoms with Gasteiger partial charge in [-0.15, -0.1) is 0 Å². The number of hydrogen-bond donors (Lipinski definition) is 1. The highest BCUT2D eigenvalue weighted by molar-refractivity contribution is 5.85. The number of benzene rings is 1. The van der Waals surface area contributed by atoms with Crippen LogP contribution in [0.2, 0.25) is 0 Å². The molecule has 1 aromatic heterocycles. The summed E-state index contributed by atoms with van der Waals surface area (Å²) >= 11 is 0. The number of H-pyrrole nitrogens is 1. The smallest absolute Gasteiger partial charge is 0.132 e. The molecule has 0 unspecified atom stereocenters. The van der Waals surface area contributed by atoms with Crippen LogP contribution in [0.3, 0.4) is 0 Å². The molecule has 1 aromatic carbocycles. The summed E-state index contributed by atoms with van der Waals surface area (Å²) in [5.41, 5.74) is 4.02. The number of rotatable bonds is 2. The van der Waals surface area contributed by atoms with E-state index >= 15 is 0 Å². The van der Waals surface area contributed by atoms with Crippen molar-refractivity contribution >= 4 is 16.7 Å². The molecular formula is C16H19NO. The van der Waals surface area contributed by atoms with Crippen molar-refractivity contribution in [2.24, 2.45) is 0 Å². The van der Waals surface area contributed by atoms with Crippen LogP contribution in [0.1, 0.15) is 49.7 Å². The highest BCUT2D eigenvalue weighted by Crippen LogP contribution is 2.35. The summed E-state index contributed by atoms with van der Waals surface area (Å²) in [5.74, 6) is 0.990. The third-order valence-electron chi connectivity index (χ3n) is 4.17. The Bertz CT molecular complexity index is 572. The van der Waals surface area contributed by atoms with Gasteiger partial charge < -0.3 is 4.98 Å². The zero-order chi connectivity index (χ0) is 12.5. The predicted octanol–water partition coefficient (Wildman–Crippen LogP) is 3.96. The summed E-state index contributed by atoms with van der Waals surface area (Å²) in [6.07, 6.45) is 6.76. The van der Waals surface area contributed by atoms with Crippen molar-refractivity contribution in [1.29, 1.82) is 0 Å². The van der Waals surface area contributed by atoms with Crippen LogP contribution in [-0.2, 0) is 11.2 Å². The van der Waals surface area contributed by atoms with Crippen molar-refractivity contribution < 1.29 is 4.79 Å². The fourth-order valence-corrected chi connectivity index (χ4v) is 3.00. The first-order valence-corrected chi connectivity index (χ1v) is 6.89. The van der Waals surface area contributed by atoms with Gasteiger partial charge in [-0.1, -0.05) is 13.0 Å². The molecule has 1 aliphatic carbocycles. The van der Waals surface area contributed by atoms with Gasteiger partial charge in [0.05, 0.1) is 0 Å². The van der Waals surface area contributed by atoms with Crippen LogP contribution in [0.4, 0.5) is 0 Å². The Hall–Kier alpha value is -1.57. The maximum atomic E-state index is 11.3. The highest BCUT2D eigenvalue weighted by Gasteiger charge is 2.22. The molecule has 0 bridgehead atoms. The molecule has 3 rings (SSSR count). The lowest BCUT2D eigenvalue weighted by Crippen LogP contribution is -2.12. The molecule has 2 aromatic rings.